The van der Waals surface area contributed by atoms with E-state index in [0.29, 0.717) is 23.4 Å². The first-order valence-corrected chi connectivity index (χ1v) is 9.26. The number of nitrogens with zero attached hydrogens (tertiary/aromatic N) is 3. The molecule has 5 heteroatoms. The fourth-order valence-electron chi connectivity index (χ4n) is 3.38. The molecule has 0 saturated carbocycles. The largest absolute Gasteiger partial charge is 0.505 e. The second-order valence-corrected chi connectivity index (χ2v) is 6.86. The monoisotopic (exact) mass is 353 g/mol. The molecule has 0 atom stereocenters. The second kappa shape index (κ2) is 8.92. The molecular weight excluding hydrogens is 326 g/mol. The van der Waals surface area contributed by atoms with Gasteiger partial charge in [-0.25, -0.2) is 0 Å². The van der Waals surface area contributed by atoms with Crippen LogP contribution in [-0.4, -0.2) is 39.4 Å². The number of piperidine rings is 1. The van der Waals surface area contributed by atoms with Crippen molar-refractivity contribution in [3.8, 4) is 5.75 Å². The Morgan fingerprint density at radius 1 is 1.12 bits per heavy atom. The SMILES string of the molecule is Cc1ncc(CO)c(C=NCc2ccccc2CN2CCCCC2)c1O. The minimum atomic E-state index is -0.173. The van der Waals surface area contributed by atoms with Gasteiger partial charge in [0.1, 0.15) is 5.75 Å². The molecule has 0 radical (unpaired) electrons. The molecule has 2 N–H and O–H groups in total. The average molecular weight is 353 g/mol. The summed E-state index contributed by atoms with van der Waals surface area (Å²) < 4.78 is 0. The molecule has 0 unspecified atom stereocenters. The number of aromatic hydroxyl groups is 1. The van der Waals surface area contributed by atoms with E-state index in [0.717, 1.165) is 6.54 Å². The van der Waals surface area contributed by atoms with E-state index in [1.165, 1.54) is 43.5 Å². The third-order valence-electron chi connectivity index (χ3n) is 4.97. The molecule has 5 nitrogen and oxygen atoms in total. The minimum Gasteiger partial charge on any atom is -0.505 e. The molecule has 1 aliphatic heterocycles. The number of likely N-dealkylation sites (tertiary alicyclic amines) is 1. The van der Waals surface area contributed by atoms with E-state index in [2.05, 4.69) is 33.1 Å². The molecular formula is C21H27N3O2. The summed E-state index contributed by atoms with van der Waals surface area (Å²) in [6.45, 7) is 5.42. The van der Waals surface area contributed by atoms with Gasteiger partial charge in [0.25, 0.3) is 0 Å². The first-order valence-electron chi connectivity index (χ1n) is 9.26. The third-order valence-corrected chi connectivity index (χ3v) is 4.97. The molecule has 0 amide bonds. The van der Waals surface area contributed by atoms with Crippen LogP contribution in [0, 0.1) is 6.92 Å². The van der Waals surface area contributed by atoms with E-state index in [4.69, 9.17) is 0 Å². The molecule has 2 heterocycles. The van der Waals surface area contributed by atoms with E-state index < -0.39 is 0 Å². The molecule has 1 saturated heterocycles. The quantitative estimate of drug-likeness (QED) is 0.783. The van der Waals surface area contributed by atoms with E-state index in [9.17, 15) is 10.2 Å². The molecule has 138 valence electrons. The average Bonchev–Trinajstić information content (AvgIpc) is 2.67. The fourth-order valence-corrected chi connectivity index (χ4v) is 3.38. The standard InChI is InChI=1S/C21H27N3O2/c1-16-21(26)20(19(15-25)12-23-16)13-22-11-17-7-3-4-8-18(17)14-24-9-5-2-6-10-24/h3-4,7-8,12-13,25-26H,2,5-6,9-11,14-15H2,1H3. The number of aliphatic imine (C=N–C) groups is 1. The number of hydrogen-bond donors (Lipinski definition) is 2. The van der Waals surface area contributed by atoms with Crippen molar-refractivity contribution in [2.24, 2.45) is 4.99 Å². The highest BCUT2D eigenvalue weighted by Gasteiger charge is 2.12. The van der Waals surface area contributed by atoms with Crippen LogP contribution in [0.5, 0.6) is 5.75 Å². The topological polar surface area (TPSA) is 69.0 Å². The maximum absolute atomic E-state index is 10.2. The van der Waals surface area contributed by atoms with Gasteiger partial charge in [-0.3, -0.25) is 14.9 Å². The maximum atomic E-state index is 10.2. The zero-order valence-corrected chi connectivity index (χ0v) is 15.4. The predicted molar refractivity (Wildman–Crippen MR) is 103 cm³/mol. The van der Waals surface area contributed by atoms with Gasteiger partial charge in [-0.05, 0) is 44.0 Å². The smallest absolute Gasteiger partial charge is 0.145 e. The lowest BCUT2D eigenvalue weighted by Crippen LogP contribution is -2.29. The first kappa shape index (κ1) is 18.5. The number of aliphatic hydroxyl groups excluding tert-OH is 1. The van der Waals surface area contributed by atoms with Gasteiger partial charge in [0.2, 0.25) is 0 Å². The summed E-state index contributed by atoms with van der Waals surface area (Å²) in [6.07, 6.45) is 7.13. The van der Waals surface area contributed by atoms with E-state index in [-0.39, 0.29) is 12.4 Å². The van der Waals surface area contributed by atoms with Crippen LogP contribution in [0.4, 0.5) is 0 Å². The van der Waals surface area contributed by atoms with Crippen LogP contribution in [0.3, 0.4) is 0 Å². The van der Waals surface area contributed by atoms with Crippen molar-refractivity contribution >= 4 is 6.21 Å². The van der Waals surface area contributed by atoms with Crippen LogP contribution in [0.2, 0.25) is 0 Å². The highest BCUT2D eigenvalue weighted by atomic mass is 16.3. The molecule has 1 aromatic heterocycles. The molecule has 26 heavy (non-hydrogen) atoms. The van der Waals surface area contributed by atoms with Crippen LogP contribution >= 0.6 is 0 Å². The first-order chi connectivity index (χ1) is 12.7. The summed E-state index contributed by atoms with van der Waals surface area (Å²) in [6, 6.07) is 8.40. The van der Waals surface area contributed by atoms with Crippen LogP contribution < -0.4 is 0 Å². The fraction of sp³-hybridized carbons (Fsp3) is 0.429. The van der Waals surface area contributed by atoms with Crippen molar-refractivity contribution in [1.29, 1.82) is 0 Å². The summed E-state index contributed by atoms with van der Waals surface area (Å²) in [4.78, 5) is 11.1. The van der Waals surface area contributed by atoms with Gasteiger partial charge >= 0.3 is 0 Å². The van der Waals surface area contributed by atoms with E-state index in [1.807, 2.05) is 6.07 Å². The lowest BCUT2D eigenvalue weighted by Gasteiger charge is -2.27. The number of benzene rings is 1. The number of aryl methyl sites for hydroxylation is 1. The molecule has 0 bridgehead atoms. The highest BCUT2D eigenvalue weighted by Crippen LogP contribution is 2.22. The van der Waals surface area contributed by atoms with E-state index >= 15 is 0 Å². The minimum absolute atomic E-state index is 0.0851. The number of rotatable bonds is 6. The summed E-state index contributed by atoms with van der Waals surface area (Å²) in [7, 11) is 0. The molecule has 1 aromatic carbocycles. The number of hydrogen-bond acceptors (Lipinski definition) is 5. The van der Waals surface area contributed by atoms with Crippen molar-refractivity contribution in [3.05, 3.63) is 58.4 Å². The summed E-state index contributed by atoms with van der Waals surface area (Å²) in [5.74, 6) is 0.0851. The molecule has 1 aliphatic rings. The maximum Gasteiger partial charge on any atom is 0.145 e. The van der Waals surface area contributed by atoms with Crippen LogP contribution in [-0.2, 0) is 19.7 Å². The second-order valence-electron chi connectivity index (χ2n) is 6.86. The predicted octanol–water partition coefficient (Wildman–Crippen LogP) is 3.19. The number of aromatic nitrogens is 1. The molecule has 3 rings (SSSR count). The van der Waals surface area contributed by atoms with Gasteiger partial charge in [-0.1, -0.05) is 30.7 Å². The van der Waals surface area contributed by atoms with Gasteiger partial charge < -0.3 is 10.2 Å². The van der Waals surface area contributed by atoms with Gasteiger partial charge in [0.05, 0.1) is 18.8 Å². The van der Waals surface area contributed by atoms with Gasteiger partial charge in [0, 0.05) is 30.1 Å². The van der Waals surface area contributed by atoms with Crippen molar-refractivity contribution in [1.82, 2.24) is 9.88 Å². The molecule has 0 aliphatic carbocycles. The molecule has 0 spiro atoms. The number of aliphatic hydroxyl groups is 1. The van der Waals surface area contributed by atoms with Crippen LogP contribution in [0.1, 0.15) is 47.2 Å². The Bertz CT molecular complexity index is 768. The van der Waals surface area contributed by atoms with Crippen LogP contribution in [0.25, 0.3) is 0 Å². The summed E-state index contributed by atoms with van der Waals surface area (Å²) in [5, 5.41) is 19.7. The van der Waals surface area contributed by atoms with Crippen molar-refractivity contribution in [3.63, 3.8) is 0 Å². The Morgan fingerprint density at radius 3 is 2.58 bits per heavy atom. The molecule has 2 aromatic rings. The lowest BCUT2D eigenvalue weighted by molar-refractivity contribution is 0.220. The Labute approximate surface area is 155 Å². The Hall–Kier alpha value is -2.24. The Balaban J connectivity index is 1.74. The highest BCUT2D eigenvalue weighted by molar-refractivity contribution is 5.85. The van der Waals surface area contributed by atoms with Crippen molar-refractivity contribution in [2.45, 2.75) is 45.9 Å². The zero-order chi connectivity index (χ0) is 18.4. The third kappa shape index (κ3) is 4.48. The van der Waals surface area contributed by atoms with Gasteiger partial charge in [0.15, 0.2) is 0 Å². The normalized spacial score (nSPS) is 15.6. The van der Waals surface area contributed by atoms with Crippen molar-refractivity contribution in [2.75, 3.05) is 13.1 Å². The Kier molecular flexibility index (Phi) is 6.36. The van der Waals surface area contributed by atoms with E-state index in [1.54, 1.807) is 19.3 Å². The number of pyridine rings is 1. The van der Waals surface area contributed by atoms with Gasteiger partial charge in [-0.2, -0.15) is 0 Å². The van der Waals surface area contributed by atoms with Crippen molar-refractivity contribution < 1.29 is 10.2 Å². The zero-order valence-electron chi connectivity index (χ0n) is 15.4. The Morgan fingerprint density at radius 2 is 1.85 bits per heavy atom. The summed E-state index contributed by atoms with van der Waals surface area (Å²) >= 11 is 0. The van der Waals surface area contributed by atoms with Crippen LogP contribution in [0.15, 0.2) is 35.5 Å². The molecule has 1 fully saturated rings. The van der Waals surface area contributed by atoms with Gasteiger partial charge in [-0.15, -0.1) is 0 Å². The lowest BCUT2D eigenvalue weighted by atomic mass is 10.0. The summed E-state index contributed by atoms with van der Waals surface area (Å²) in [5.41, 5.74) is 4.18.